The van der Waals surface area contributed by atoms with E-state index in [4.69, 9.17) is 21.7 Å². The van der Waals surface area contributed by atoms with Gasteiger partial charge in [0, 0.05) is 11.1 Å². The predicted octanol–water partition coefficient (Wildman–Crippen LogP) is 3.79. The van der Waals surface area contributed by atoms with Crippen LogP contribution in [0.2, 0.25) is 0 Å². The standard InChI is InChI=1S/C20H17NO4S2/c1-24-15-9-7-13(8-10-15)16(22)12-21-19(23)18(27-20(21)26)11-14-5-3-4-6-17(14)25-2/h3-11H,12H2,1-2H3/b18-11+. The van der Waals surface area contributed by atoms with Gasteiger partial charge < -0.3 is 9.47 Å². The number of amides is 1. The van der Waals surface area contributed by atoms with E-state index in [-0.39, 0.29) is 18.2 Å². The largest absolute Gasteiger partial charge is 0.497 e. The van der Waals surface area contributed by atoms with Crippen LogP contribution in [0, 0.1) is 0 Å². The van der Waals surface area contributed by atoms with Gasteiger partial charge in [-0.3, -0.25) is 14.5 Å². The van der Waals surface area contributed by atoms with Crippen molar-refractivity contribution in [3.05, 3.63) is 64.6 Å². The Balaban J connectivity index is 1.77. The Morgan fingerprint density at radius 1 is 1.11 bits per heavy atom. The zero-order valence-electron chi connectivity index (χ0n) is 14.8. The first-order chi connectivity index (χ1) is 13.0. The van der Waals surface area contributed by atoms with Crippen LogP contribution in [0.5, 0.6) is 11.5 Å². The maximum atomic E-state index is 12.7. The number of methoxy groups -OCH3 is 2. The molecule has 1 heterocycles. The minimum atomic E-state index is -0.280. The van der Waals surface area contributed by atoms with Crippen molar-refractivity contribution < 1.29 is 19.1 Å². The lowest BCUT2D eigenvalue weighted by Crippen LogP contribution is -2.33. The normalized spacial score (nSPS) is 15.3. The van der Waals surface area contributed by atoms with Crippen LogP contribution in [0.3, 0.4) is 0 Å². The monoisotopic (exact) mass is 399 g/mol. The molecule has 0 radical (unpaired) electrons. The summed E-state index contributed by atoms with van der Waals surface area (Å²) < 4.78 is 10.8. The van der Waals surface area contributed by atoms with Crippen molar-refractivity contribution in [3.63, 3.8) is 0 Å². The second-order valence-electron chi connectivity index (χ2n) is 5.66. The summed E-state index contributed by atoms with van der Waals surface area (Å²) >= 11 is 6.48. The Hall–Kier alpha value is -2.64. The lowest BCUT2D eigenvalue weighted by atomic mass is 10.1. The highest BCUT2D eigenvalue weighted by molar-refractivity contribution is 8.26. The molecule has 1 aliphatic heterocycles. The molecule has 2 aromatic carbocycles. The number of thioether (sulfide) groups is 1. The average Bonchev–Trinajstić information content (AvgIpc) is 2.95. The summed E-state index contributed by atoms with van der Waals surface area (Å²) in [6, 6.07) is 14.1. The lowest BCUT2D eigenvalue weighted by Gasteiger charge is -2.13. The molecular weight excluding hydrogens is 382 g/mol. The Morgan fingerprint density at radius 2 is 1.81 bits per heavy atom. The van der Waals surface area contributed by atoms with Gasteiger partial charge in [-0.1, -0.05) is 42.2 Å². The Morgan fingerprint density at radius 3 is 2.48 bits per heavy atom. The fourth-order valence-electron chi connectivity index (χ4n) is 2.58. The van der Waals surface area contributed by atoms with Crippen molar-refractivity contribution >= 4 is 46.1 Å². The van der Waals surface area contributed by atoms with Crippen LogP contribution in [0.4, 0.5) is 0 Å². The van der Waals surface area contributed by atoms with Crippen LogP contribution >= 0.6 is 24.0 Å². The quantitative estimate of drug-likeness (QED) is 0.419. The van der Waals surface area contributed by atoms with Gasteiger partial charge in [0.25, 0.3) is 5.91 Å². The number of nitrogens with zero attached hydrogens (tertiary/aromatic N) is 1. The first kappa shape index (κ1) is 19.1. The fraction of sp³-hybridized carbons (Fsp3) is 0.150. The van der Waals surface area contributed by atoms with E-state index in [1.54, 1.807) is 44.6 Å². The van der Waals surface area contributed by atoms with Gasteiger partial charge in [0.2, 0.25) is 0 Å². The number of ketones is 1. The number of rotatable bonds is 6. The summed E-state index contributed by atoms with van der Waals surface area (Å²) in [5, 5.41) is 0. The van der Waals surface area contributed by atoms with Crippen molar-refractivity contribution in [2.45, 2.75) is 0 Å². The fourth-order valence-corrected chi connectivity index (χ4v) is 3.82. The van der Waals surface area contributed by atoms with Gasteiger partial charge in [0.05, 0.1) is 25.7 Å². The minimum absolute atomic E-state index is 0.0970. The predicted molar refractivity (Wildman–Crippen MR) is 110 cm³/mol. The Bertz CT molecular complexity index is 922. The average molecular weight is 399 g/mol. The first-order valence-corrected chi connectivity index (χ1v) is 9.31. The maximum absolute atomic E-state index is 12.7. The van der Waals surface area contributed by atoms with Gasteiger partial charge in [-0.25, -0.2) is 0 Å². The van der Waals surface area contributed by atoms with E-state index in [1.807, 2.05) is 24.3 Å². The maximum Gasteiger partial charge on any atom is 0.266 e. The van der Waals surface area contributed by atoms with Gasteiger partial charge in [0.15, 0.2) is 5.78 Å². The van der Waals surface area contributed by atoms with Crippen molar-refractivity contribution in [2.24, 2.45) is 0 Å². The molecule has 0 unspecified atom stereocenters. The molecule has 0 saturated carbocycles. The van der Waals surface area contributed by atoms with Gasteiger partial charge in [-0.05, 0) is 36.4 Å². The summed E-state index contributed by atoms with van der Waals surface area (Å²) in [4.78, 5) is 27.0. The van der Waals surface area contributed by atoms with Gasteiger partial charge >= 0.3 is 0 Å². The molecule has 2 aromatic rings. The van der Waals surface area contributed by atoms with Crippen molar-refractivity contribution in [1.29, 1.82) is 0 Å². The lowest BCUT2D eigenvalue weighted by molar-refractivity contribution is -0.121. The molecule has 27 heavy (non-hydrogen) atoms. The third-order valence-electron chi connectivity index (χ3n) is 4.01. The Kier molecular flexibility index (Phi) is 5.93. The highest BCUT2D eigenvalue weighted by Crippen LogP contribution is 2.34. The number of hydrogen-bond donors (Lipinski definition) is 0. The second-order valence-corrected chi connectivity index (χ2v) is 7.34. The highest BCUT2D eigenvalue weighted by Gasteiger charge is 2.33. The van der Waals surface area contributed by atoms with Crippen LogP contribution in [-0.4, -0.2) is 41.7 Å². The molecule has 3 rings (SSSR count). The topological polar surface area (TPSA) is 55.8 Å². The molecule has 0 N–H and O–H groups in total. The number of carbonyl (C=O) groups is 2. The van der Waals surface area contributed by atoms with Gasteiger partial charge in [-0.2, -0.15) is 0 Å². The molecular formula is C20H17NO4S2. The SMILES string of the molecule is COc1ccc(C(=O)CN2C(=O)/C(=C\c3ccccc3OC)SC2=S)cc1. The zero-order chi connectivity index (χ0) is 19.4. The van der Waals surface area contributed by atoms with Gasteiger partial charge in [-0.15, -0.1) is 0 Å². The molecule has 1 aliphatic rings. The zero-order valence-corrected chi connectivity index (χ0v) is 16.4. The van der Waals surface area contributed by atoms with Crippen LogP contribution < -0.4 is 9.47 Å². The summed E-state index contributed by atoms with van der Waals surface area (Å²) in [6.07, 6.45) is 1.73. The van der Waals surface area contributed by atoms with Crippen LogP contribution in [0.15, 0.2) is 53.4 Å². The molecule has 1 fully saturated rings. The molecule has 0 aromatic heterocycles. The van der Waals surface area contributed by atoms with E-state index in [9.17, 15) is 9.59 Å². The highest BCUT2D eigenvalue weighted by atomic mass is 32.2. The van der Waals surface area contributed by atoms with Crippen LogP contribution in [0.1, 0.15) is 15.9 Å². The summed E-state index contributed by atoms with van der Waals surface area (Å²) in [5.74, 6) is 0.860. The molecule has 0 aliphatic carbocycles. The molecule has 5 nitrogen and oxygen atoms in total. The van der Waals surface area contributed by atoms with E-state index >= 15 is 0 Å². The third-order valence-corrected chi connectivity index (χ3v) is 5.39. The molecule has 1 amide bonds. The van der Waals surface area contributed by atoms with E-state index < -0.39 is 0 Å². The molecule has 0 bridgehead atoms. The number of thiocarbonyl (C=S) groups is 1. The van der Waals surface area contributed by atoms with E-state index in [0.29, 0.717) is 26.3 Å². The summed E-state index contributed by atoms with van der Waals surface area (Å²) in [6.45, 7) is -0.0970. The summed E-state index contributed by atoms with van der Waals surface area (Å²) in [5.41, 5.74) is 1.28. The number of benzene rings is 2. The molecule has 0 spiro atoms. The van der Waals surface area contributed by atoms with Gasteiger partial charge in [0.1, 0.15) is 15.8 Å². The molecule has 7 heteroatoms. The number of ether oxygens (including phenoxy) is 2. The molecule has 1 saturated heterocycles. The van der Waals surface area contributed by atoms with Crippen molar-refractivity contribution in [3.8, 4) is 11.5 Å². The van der Waals surface area contributed by atoms with Crippen LogP contribution in [-0.2, 0) is 4.79 Å². The number of carbonyl (C=O) groups excluding carboxylic acids is 2. The number of hydrogen-bond acceptors (Lipinski definition) is 6. The molecule has 0 atom stereocenters. The first-order valence-electron chi connectivity index (χ1n) is 8.09. The van der Waals surface area contributed by atoms with E-state index in [1.165, 1.54) is 16.7 Å². The smallest absolute Gasteiger partial charge is 0.266 e. The third kappa shape index (κ3) is 4.20. The molecule has 138 valence electrons. The summed E-state index contributed by atoms with van der Waals surface area (Å²) in [7, 11) is 3.14. The van der Waals surface area contributed by atoms with Crippen molar-refractivity contribution in [2.75, 3.05) is 20.8 Å². The van der Waals surface area contributed by atoms with E-state index in [2.05, 4.69) is 0 Å². The Labute approximate surface area is 167 Å². The number of para-hydroxylation sites is 1. The second kappa shape index (κ2) is 8.37. The minimum Gasteiger partial charge on any atom is -0.497 e. The number of Topliss-reactive ketones (excluding diaryl/α,β-unsaturated/α-hetero) is 1. The van der Waals surface area contributed by atoms with E-state index in [0.717, 1.165) is 5.56 Å². The van der Waals surface area contributed by atoms with Crippen LogP contribution in [0.25, 0.3) is 6.08 Å². The van der Waals surface area contributed by atoms with Crippen molar-refractivity contribution in [1.82, 2.24) is 4.90 Å².